The molecular formula is C14H15NO2S. The van der Waals surface area contributed by atoms with Crippen LogP contribution in [0.5, 0.6) is 5.75 Å². The highest BCUT2D eigenvalue weighted by Gasteiger charge is 2.12. The summed E-state index contributed by atoms with van der Waals surface area (Å²) >= 11 is 1.41. The number of hydrogen-bond acceptors (Lipinski definition) is 4. The van der Waals surface area contributed by atoms with Crippen LogP contribution in [0.3, 0.4) is 0 Å². The van der Waals surface area contributed by atoms with Crippen molar-refractivity contribution in [2.24, 2.45) is 0 Å². The lowest BCUT2D eigenvalue weighted by Crippen LogP contribution is -2.06. The maximum atomic E-state index is 12.2. The molecule has 0 bridgehead atoms. The number of carbonyl (C=O) groups is 1. The van der Waals surface area contributed by atoms with Gasteiger partial charge >= 0.3 is 0 Å². The first-order valence-electron chi connectivity index (χ1n) is 5.80. The Hall–Kier alpha value is -1.68. The number of aromatic nitrogens is 1. The van der Waals surface area contributed by atoms with Crippen molar-refractivity contribution in [1.82, 2.24) is 4.98 Å². The van der Waals surface area contributed by atoms with Gasteiger partial charge in [-0.3, -0.25) is 4.79 Å². The molecule has 0 radical (unpaired) electrons. The van der Waals surface area contributed by atoms with Gasteiger partial charge in [0.2, 0.25) is 5.78 Å². The van der Waals surface area contributed by atoms with E-state index in [0.29, 0.717) is 10.4 Å². The fourth-order valence-electron chi connectivity index (χ4n) is 1.59. The van der Waals surface area contributed by atoms with Crippen LogP contribution in [0.2, 0.25) is 0 Å². The molecule has 0 fully saturated rings. The first-order valence-corrected chi connectivity index (χ1v) is 6.62. The van der Waals surface area contributed by atoms with Crippen molar-refractivity contribution >= 4 is 17.1 Å². The average Bonchev–Trinajstić information content (AvgIpc) is 2.74. The van der Waals surface area contributed by atoms with Crippen molar-refractivity contribution in [3.05, 3.63) is 45.9 Å². The van der Waals surface area contributed by atoms with E-state index in [2.05, 4.69) is 4.98 Å². The smallest absolute Gasteiger partial charge is 0.204 e. The van der Waals surface area contributed by atoms with E-state index in [1.54, 1.807) is 18.3 Å². The summed E-state index contributed by atoms with van der Waals surface area (Å²) in [6, 6.07) is 7.26. The molecule has 3 nitrogen and oxygen atoms in total. The Kier molecular flexibility index (Phi) is 3.77. The molecule has 0 saturated heterocycles. The third-order valence-electron chi connectivity index (χ3n) is 2.31. The zero-order valence-corrected chi connectivity index (χ0v) is 11.5. The SMILES string of the molecule is Cc1ncc(C(=O)c2cccc(OC(C)C)c2)s1. The lowest BCUT2D eigenvalue weighted by molar-refractivity contribution is 0.104. The summed E-state index contributed by atoms with van der Waals surface area (Å²) in [4.78, 5) is 17.0. The van der Waals surface area contributed by atoms with E-state index in [1.165, 1.54) is 11.3 Å². The van der Waals surface area contributed by atoms with Gasteiger partial charge < -0.3 is 4.74 Å². The fraction of sp³-hybridized carbons (Fsp3) is 0.286. The number of ether oxygens (including phenoxy) is 1. The molecule has 1 heterocycles. The van der Waals surface area contributed by atoms with Gasteiger partial charge in [0.05, 0.1) is 16.0 Å². The van der Waals surface area contributed by atoms with E-state index < -0.39 is 0 Å². The molecule has 0 spiro atoms. The second kappa shape index (κ2) is 5.31. The standard InChI is InChI=1S/C14H15NO2S/c1-9(2)17-12-6-4-5-11(7-12)14(16)13-8-15-10(3)18-13/h4-9H,1-3H3. The molecule has 0 aliphatic rings. The van der Waals surface area contributed by atoms with Crippen LogP contribution in [0.15, 0.2) is 30.5 Å². The number of thiazole rings is 1. The molecule has 2 aromatic rings. The number of ketones is 1. The van der Waals surface area contributed by atoms with Gasteiger partial charge in [0.1, 0.15) is 5.75 Å². The number of rotatable bonds is 4. The molecule has 2 rings (SSSR count). The predicted molar refractivity (Wildman–Crippen MR) is 72.5 cm³/mol. The minimum atomic E-state index is -0.00481. The first-order chi connectivity index (χ1) is 8.56. The van der Waals surface area contributed by atoms with Gasteiger partial charge in [-0.2, -0.15) is 0 Å². The zero-order valence-electron chi connectivity index (χ0n) is 10.6. The summed E-state index contributed by atoms with van der Waals surface area (Å²) in [6.07, 6.45) is 1.72. The molecule has 0 atom stereocenters. The molecule has 0 saturated carbocycles. The molecule has 1 aromatic heterocycles. The van der Waals surface area contributed by atoms with Crippen LogP contribution in [0, 0.1) is 6.92 Å². The van der Waals surface area contributed by atoms with Gasteiger partial charge in [0, 0.05) is 11.8 Å². The van der Waals surface area contributed by atoms with Crippen molar-refractivity contribution < 1.29 is 9.53 Å². The van der Waals surface area contributed by atoms with Gasteiger partial charge in [-0.1, -0.05) is 12.1 Å². The summed E-state index contributed by atoms with van der Waals surface area (Å²) in [6.45, 7) is 5.81. The molecule has 0 aliphatic heterocycles. The molecule has 94 valence electrons. The lowest BCUT2D eigenvalue weighted by atomic mass is 10.1. The zero-order chi connectivity index (χ0) is 13.1. The van der Waals surface area contributed by atoms with Gasteiger partial charge in [0.15, 0.2) is 0 Å². The van der Waals surface area contributed by atoms with E-state index in [-0.39, 0.29) is 11.9 Å². The molecule has 0 aliphatic carbocycles. The molecule has 18 heavy (non-hydrogen) atoms. The molecule has 0 unspecified atom stereocenters. The summed E-state index contributed by atoms with van der Waals surface area (Å²) in [5.74, 6) is 0.715. The van der Waals surface area contributed by atoms with Crippen LogP contribution < -0.4 is 4.74 Å². The summed E-state index contributed by atoms with van der Waals surface area (Å²) in [5, 5.41) is 0.896. The third kappa shape index (κ3) is 2.96. The Bertz CT molecular complexity index is 560. The Labute approximate surface area is 110 Å². The van der Waals surface area contributed by atoms with Crippen molar-refractivity contribution in [2.75, 3.05) is 0 Å². The number of nitrogens with zero attached hydrogens (tertiary/aromatic N) is 1. The summed E-state index contributed by atoms with van der Waals surface area (Å²) < 4.78 is 5.58. The van der Waals surface area contributed by atoms with Crippen LogP contribution in [0.1, 0.15) is 34.1 Å². The van der Waals surface area contributed by atoms with E-state index in [0.717, 1.165) is 10.8 Å². The second-order valence-electron chi connectivity index (χ2n) is 4.27. The van der Waals surface area contributed by atoms with Crippen molar-refractivity contribution in [2.45, 2.75) is 26.9 Å². The lowest BCUT2D eigenvalue weighted by Gasteiger charge is -2.10. The highest BCUT2D eigenvalue weighted by Crippen LogP contribution is 2.20. The van der Waals surface area contributed by atoms with E-state index in [4.69, 9.17) is 4.74 Å². The monoisotopic (exact) mass is 261 g/mol. The largest absolute Gasteiger partial charge is 0.491 e. The molecular weight excluding hydrogens is 246 g/mol. The van der Waals surface area contributed by atoms with Crippen LogP contribution >= 0.6 is 11.3 Å². The number of carbonyl (C=O) groups excluding carboxylic acids is 1. The quantitative estimate of drug-likeness (QED) is 0.791. The highest BCUT2D eigenvalue weighted by molar-refractivity contribution is 7.13. The van der Waals surface area contributed by atoms with Gasteiger partial charge in [0.25, 0.3) is 0 Å². The van der Waals surface area contributed by atoms with Gasteiger partial charge in [-0.05, 0) is 32.9 Å². The predicted octanol–water partition coefficient (Wildman–Crippen LogP) is 3.47. The average molecular weight is 261 g/mol. The van der Waals surface area contributed by atoms with Crippen LogP contribution in [-0.2, 0) is 0 Å². The maximum absolute atomic E-state index is 12.2. The highest BCUT2D eigenvalue weighted by atomic mass is 32.1. The number of aryl methyl sites for hydroxylation is 1. The van der Waals surface area contributed by atoms with Crippen molar-refractivity contribution in [3.63, 3.8) is 0 Å². The van der Waals surface area contributed by atoms with Crippen LogP contribution in [0.4, 0.5) is 0 Å². The van der Waals surface area contributed by atoms with E-state index in [9.17, 15) is 4.79 Å². The fourth-order valence-corrected chi connectivity index (χ4v) is 2.33. The minimum absolute atomic E-state index is 0.00481. The Morgan fingerprint density at radius 1 is 1.39 bits per heavy atom. The normalized spacial score (nSPS) is 10.7. The minimum Gasteiger partial charge on any atom is -0.491 e. The van der Waals surface area contributed by atoms with E-state index in [1.807, 2.05) is 32.9 Å². The van der Waals surface area contributed by atoms with Gasteiger partial charge in [-0.25, -0.2) is 4.98 Å². The molecule has 0 N–H and O–H groups in total. The van der Waals surface area contributed by atoms with Crippen LogP contribution in [-0.4, -0.2) is 16.9 Å². The van der Waals surface area contributed by atoms with Crippen LogP contribution in [0.25, 0.3) is 0 Å². The van der Waals surface area contributed by atoms with Gasteiger partial charge in [-0.15, -0.1) is 11.3 Å². The first kappa shape index (κ1) is 12.8. The van der Waals surface area contributed by atoms with E-state index >= 15 is 0 Å². The summed E-state index contributed by atoms with van der Waals surface area (Å²) in [5.41, 5.74) is 0.636. The second-order valence-corrected chi connectivity index (χ2v) is 5.50. The van der Waals surface area contributed by atoms with Crippen molar-refractivity contribution in [1.29, 1.82) is 0 Å². The Balaban J connectivity index is 2.25. The Morgan fingerprint density at radius 2 is 2.17 bits per heavy atom. The molecule has 4 heteroatoms. The maximum Gasteiger partial charge on any atom is 0.204 e. The Morgan fingerprint density at radius 3 is 2.78 bits per heavy atom. The topological polar surface area (TPSA) is 39.2 Å². The number of hydrogen-bond donors (Lipinski definition) is 0. The third-order valence-corrected chi connectivity index (χ3v) is 3.22. The van der Waals surface area contributed by atoms with Crippen molar-refractivity contribution in [3.8, 4) is 5.75 Å². The molecule has 1 aromatic carbocycles. The summed E-state index contributed by atoms with van der Waals surface area (Å²) in [7, 11) is 0. The number of benzene rings is 1. The molecule has 0 amide bonds.